The number of nitrogens with two attached hydrogens (primary N) is 1. The summed E-state index contributed by atoms with van der Waals surface area (Å²) in [7, 11) is 0. The molecule has 0 saturated heterocycles. The monoisotopic (exact) mass is 206 g/mol. The molecule has 0 amide bonds. The number of unbranched alkanes of at least 4 members (excludes halogenated alkanes) is 3. The maximum absolute atomic E-state index is 6.08. The molecule has 1 atom stereocenters. The van der Waals surface area contributed by atoms with Gasteiger partial charge in [-0.3, -0.25) is 4.98 Å². The van der Waals surface area contributed by atoms with Gasteiger partial charge in [-0.25, -0.2) is 0 Å². The van der Waals surface area contributed by atoms with Crippen molar-refractivity contribution in [3.8, 4) is 0 Å². The fraction of sp³-hybridized carbons (Fsp3) is 0.615. The molecule has 0 saturated carbocycles. The van der Waals surface area contributed by atoms with Crippen molar-refractivity contribution in [2.45, 2.75) is 52.0 Å². The molecule has 1 aromatic heterocycles. The molecular formula is C13H22N2. The van der Waals surface area contributed by atoms with Crippen LogP contribution in [0.2, 0.25) is 0 Å². The number of aromatic nitrogens is 1. The third-order valence-corrected chi connectivity index (χ3v) is 2.69. The standard InChI is InChI=1S/C13H22N2/c1-3-4-5-6-7-12(14)13-10-11(2)8-9-15-13/h8-10,12H,3-7,14H2,1-2H3. The molecule has 1 aromatic rings. The normalized spacial score (nSPS) is 12.7. The number of aryl methyl sites for hydroxylation is 1. The predicted molar refractivity (Wildman–Crippen MR) is 64.7 cm³/mol. The van der Waals surface area contributed by atoms with E-state index >= 15 is 0 Å². The van der Waals surface area contributed by atoms with E-state index in [0.29, 0.717) is 0 Å². The third-order valence-electron chi connectivity index (χ3n) is 2.69. The second-order valence-corrected chi connectivity index (χ2v) is 4.21. The molecule has 0 aromatic carbocycles. The second kappa shape index (κ2) is 6.57. The Kier molecular flexibility index (Phi) is 5.33. The predicted octanol–water partition coefficient (Wildman–Crippen LogP) is 3.36. The van der Waals surface area contributed by atoms with Gasteiger partial charge in [0.25, 0.3) is 0 Å². The number of nitrogens with zero attached hydrogens (tertiary/aromatic N) is 1. The van der Waals surface area contributed by atoms with Crippen molar-refractivity contribution >= 4 is 0 Å². The number of hydrogen-bond donors (Lipinski definition) is 1. The van der Waals surface area contributed by atoms with Crippen LogP contribution in [-0.4, -0.2) is 4.98 Å². The van der Waals surface area contributed by atoms with Crippen molar-refractivity contribution in [1.82, 2.24) is 4.98 Å². The Balaban J connectivity index is 2.36. The molecule has 1 unspecified atom stereocenters. The van der Waals surface area contributed by atoms with Crippen LogP contribution in [0, 0.1) is 6.92 Å². The largest absolute Gasteiger partial charge is 0.323 e. The summed E-state index contributed by atoms with van der Waals surface area (Å²) in [5, 5.41) is 0. The van der Waals surface area contributed by atoms with Crippen LogP contribution >= 0.6 is 0 Å². The highest BCUT2D eigenvalue weighted by Crippen LogP contribution is 2.16. The lowest BCUT2D eigenvalue weighted by atomic mass is 10.0. The van der Waals surface area contributed by atoms with Gasteiger partial charge in [0, 0.05) is 12.2 Å². The van der Waals surface area contributed by atoms with Crippen molar-refractivity contribution in [3.63, 3.8) is 0 Å². The van der Waals surface area contributed by atoms with Crippen LogP contribution in [0.4, 0.5) is 0 Å². The minimum atomic E-state index is 0.113. The molecule has 15 heavy (non-hydrogen) atoms. The first-order chi connectivity index (χ1) is 7.24. The Morgan fingerprint density at radius 3 is 2.80 bits per heavy atom. The van der Waals surface area contributed by atoms with Gasteiger partial charge in [0.15, 0.2) is 0 Å². The van der Waals surface area contributed by atoms with Crippen LogP contribution in [-0.2, 0) is 0 Å². The second-order valence-electron chi connectivity index (χ2n) is 4.21. The van der Waals surface area contributed by atoms with E-state index in [1.807, 2.05) is 12.3 Å². The Morgan fingerprint density at radius 2 is 2.13 bits per heavy atom. The molecule has 2 nitrogen and oxygen atoms in total. The van der Waals surface area contributed by atoms with E-state index < -0.39 is 0 Å². The maximum Gasteiger partial charge on any atom is 0.0573 e. The average Bonchev–Trinajstić information content (AvgIpc) is 2.24. The highest BCUT2D eigenvalue weighted by Gasteiger charge is 2.06. The molecule has 0 bridgehead atoms. The highest BCUT2D eigenvalue weighted by atomic mass is 14.8. The van der Waals surface area contributed by atoms with Crippen molar-refractivity contribution in [2.75, 3.05) is 0 Å². The van der Waals surface area contributed by atoms with E-state index in [1.54, 1.807) is 0 Å². The first kappa shape index (κ1) is 12.2. The minimum absolute atomic E-state index is 0.113. The molecule has 0 aliphatic carbocycles. The van der Waals surface area contributed by atoms with E-state index in [-0.39, 0.29) is 6.04 Å². The van der Waals surface area contributed by atoms with Gasteiger partial charge in [0.1, 0.15) is 0 Å². The zero-order valence-electron chi connectivity index (χ0n) is 9.87. The summed E-state index contributed by atoms with van der Waals surface area (Å²) in [6.07, 6.45) is 7.99. The van der Waals surface area contributed by atoms with Gasteiger partial charge in [-0.1, -0.05) is 32.6 Å². The van der Waals surface area contributed by atoms with Crippen molar-refractivity contribution in [1.29, 1.82) is 0 Å². The first-order valence-electron chi connectivity index (χ1n) is 5.92. The van der Waals surface area contributed by atoms with E-state index in [4.69, 9.17) is 5.73 Å². The fourth-order valence-electron chi connectivity index (χ4n) is 1.70. The summed E-state index contributed by atoms with van der Waals surface area (Å²) in [6, 6.07) is 4.21. The zero-order valence-corrected chi connectivity index (χ0v) is 9.87. The highest BCUT2D eigenvalue weighted by molar-refractivity contribution is 5.16. The van der Waals surface area contributed by atoms with Crippen LogP contribution in [0.15, 0.2) is 18.3 Å². The summed E-state index contributed by atoms with van der Waals surface area (Å²) in [5.41, 5.74) is 8.36. The number of rotatable bonds is 6. The lowest BCUT2D eigenvalue weighted by Crippen LogP contribution is -2.11. The molecule has 2 N–H and O–H groups in total. The van der Waals surface area contributed by atoms with Gasteiger partial charge < -0.3 is 5.73 Å². The van der Waals surface area contributed by atoms with Gasteiger partial charge in [-0.15, -0.1) is 0 Å². The maximum atomic E-state index is 6.08. The molecule has 84 valence electrons. The minimum Gasteiger partial charge on any atom is -0.323 e. The Labute approximate surface area is 92.9 Å². The molecular weight excluding hydrogens is 184 g/mol. The topological polar surface area (TPSA) is 38.9 Å². The van der Waals surface area contributed by atoms with Gasteiger partial charge >= 0.3 is 0 Å². The van der Waals surface area contributed by atoms with E-state index in [2.05, 4.69) is 24.9 Å². The van der Waals surface area contributed by atoms with E-state index in [9.17, 15) is 0 Å². The molecule has 2 heteroatoms. The van der Waals surface area contributed by atoms with Gasteiger partial charge in [0.2, 0.25) is 0 Å². The molecule has 1 heterocycles. The Hall–Kier alpha value is -0.890. The molecule has 0 radical (unpaired) electrons. The van der Waals surface area contributed by atoms with Crippen LogP contribution in [0.3, 0.4) is 0 Å². The van der Waals surface area contributed by atoms with Crippen LogP contribution in [0.1, 0.15) is 56.3 Å². The summed E-state index contributed by atoms with van der Waals surface area (Å²) in [6.45, 7) is 4.30. The lowest BCUT2D eigenvalue weighted by Gasteiger charge is -2.11. The SMILES string of the molecule is CCCCCCC(N)c1cc(C)ccn1. The van der Waals surface area contributed by atoms with Crippen LogP contribution in [0.5, 0.6) is 0 Å². The summed E-state index contributed by atoms with van der Waals surface area (Å²) in [4.78, 5) is 4.31. The van der Waals surface area contributed by atoms with Gasteiger partial charge in [0.05, 0.1) is 5.69 Å². The Bertz CT molecular complexity index is 284. The van der Waals surface area contributed by atoms with E-state index in [0.717, 1.165) is 12.1 Å². The van der Waals surface area contributed by atoms with Gasteiger partial charge in [-0.2, -0.15) is 0 Å². The molecule has 0 aliphatic heterocycles. The molecule has 0 fully saturated rings. The summed E-state index contributed by atoms with van der Waals surface area (Å²) in [5.74, 6) is 0. The summed E-state index contributed by atoms with van der Waals surface area (Å²) >= 11 is 0. The van der Waals surface area contributed by atoms with E-state index in [1.165, 1.54) is 31.2 Å². The van der Waals surface area contributed by atoms with Crippen molar-refractivity contribution in [3.05, 3.63) is 29.6 Å². The molecule has 0 spiro atoms. The van der Waals surface area contributed by atoms with Crippen LogP contribution in [0.25, 0.3) is 0 Å². The first-order valence-corrected chi connectivity index (χ1v) is 5.92. The van der Waals surface area contributed by atoms with Crippen LogP contribution < -0.4 is 5.73 Å². The number of pyridine rings is 1. The number of hydrogen-bond acceptors (Lipinski definition) is 2. The third kappa shape index (κ3) is 4.43. The fourth-order valence-corrected chi connectivity index (χ4v) is 1.70. The van der Waals surface area contributed by atoms with Gasteiger partial charge in [-0.05, 0) is 31.0 Å². The quantitative estimate of drug-likeness (QED) is 0.725. The molecule has 0 aliphatic rings. The molecule has 1 rings (SSSR count). The van der Waals surface area contributed by atoms with Crippen molar-refractivity contribution < 1.29 is 0 Å². The lowest BCUT2D eigenvalue weighted by molar-refractivity contribution is 0.557. The smallest absolute Gasteiger partial charge is 0.0573 e. The average molecular weight is 206 g/mol. The zero-order chi connectivity index (χ0) is 11.1. The summed E-state index contributed by atoms with van der Waals surface area (Å²) < 4.78 is 0. The van der Waals surface area contributed by atoms with Crippen molar-refractivity contribution in [2.24, 2.45) is 5.73 Å². The Morgan fingerprint density at radius 1 is 1.33 bits per heavy atom.